The Kier molecular flexibility index (Phi) is 3.99. The Morgan fingerprint density at radius 2 is 1.78 bits per heavy atom. The first-order chi connectivity index (χ1) is 11.0. The smallest absolute Gasteiger partial charge is 0.235 e. The molecule has 0 unspecified atom stereocenters. The monoisotopic (exact) mass is 311 g/mol. The fourth-order valence-corrected chi connectivity index (χ4v) is 3.00. The summed E-state index contributed by atoms with van der Waals surface area (Å²) >= 11 is 0. The normalized spacial score (nSPS) is 15.6. The molecular weight excluding hydrogens is 293 g/mol. The maximum Gasteiger partial charge on any atom is 0.235 e. The average molecular weight is 311 g/mol. The highest BCUT2D eigenvalue weighted by molar-refractivity contribution is 6.00. The van der Waals surface area contributed by atoms with Gasteiger partial charge in [-0.3, -0.25) is 9.59 Å². The predicted molar refractivity (Wildman–Crippen MR) is 87.0 cm³/mol. The molecule has 1 N–H and O–H groups in total. The lowest BCUT2D eigenvalue weighted by molar-refractivity contribution is -0.124. The number of hydrogen-bond acceptors (Lipinski definition) is 2. The van der Waals surface area contributed by atoms with Gasteiger partial charge in [-0.2, -0.15) is 0 Å². The van der Waals surface area contributed by atoms with E-state index in [1.165, 1.54) is 19.1 Å². The van der Waals surface area contributed by atoms with E-state index < -0.39 is 5.41 Å². The average Bonchev–Trinajstić information content (AvgIpc) is 2.46. The van der Waals surface area contributed by atoms with E-state index in [0.717, 1.165) is 12.0 Å². The van der Waals surface area contributed by atoms with E-state index in [1.54, 1.807) is 36.4 Å². The largest absolute Gasteiger partial charge is 0.325 e. The van der Waals surface area contributed by atoms with Crippen LogP contribution in [-0.4, -0.2) is 11.7 Å². The number of hydrogen-bond donors (Lipinski definition) is 1. The summed E-state index contributed by atoms with van der Waals surface area (Å²) in [5, 5.41) is 2.90. The van der Waals surface area contributed by atoms with E-state index in [2.05, 4.69) is 5.32 Å². The van der Waals surface area contributed by atoms with Crippen molar-refractivity contribution in [2.45, 2.75) is 31.6 Å². The molecule has 118 valence electrons. The molecule has 3 nitrogen and oxygen atoms in total. The molecule has 4 heteroatoms. The molecule has 1 amide bonds. The van der Waals surface area contributed by atoms with Gasteiger partial charge in [-0.15, -0.1) is 0 Å². The van der Waals surface area contributed by atoms with Gasteiger partial charge < -0.3 is 5.32 Å². The van der Waals surface area contributed by atoms with Crippen molar-refractivity contribution < 1.29 is 14.0 Å². The van der Waals surface area contributed by atoms with Gasteiger partial charge in [0.05, 0.1) is 5.41 Å². The minimum absolute atomic E-state index is 0.0156. The molecule has 2 aromatic rings. The second kappa shape index (κ2) is 5.95. The van der Waals surface area contributed by atoms with Crippen molar-refractivity contribution in [2.75, 3.05) is 5.32 Å². The Morgan fingerprint density at radius 3 is 2.30 bits per heavy atom. The van der Waals surface area contributed by atoms with Crippen LogP contribution in [0.3, 0.4) is 0 Å². The van der Waals surface area contributed by atoms with Crippen LogP contribution in [0.25, 0.3) is 0 Å². The summed E-state index contributed by atoms with van der Waals surface area (Å²) in [7, 11) is 0. The fraction of sp³-hybridized carbons (Fsp3) is 0.263. The number of Topliss-reactive ketones (excluding diaryl/α,β-unsaturated/α-hetero) is 1. The Balaban J connectivity index is 1.82. The number of nitrogens with one attached hydrogen (secondary N) is 1. The molecule has 0 radical (unpaired) electrons. The minimum Gasteiger partial charge on any atom is -0.325 e. The van der Waals surface area contributed by atoms with Crippen LogP contribution in [0.2, 0.25) is 0 Å². The molecule has 0 spiro atoms. The van der Waals surface area contributed by atoms with Gasteiger partial charge in [0.25, 0.3) is 0 Å². The molecule has 0 atom stereocenters. The summed E-state index contributed by atoms with van der Waals surface area (Å²) in [6, 6.07) is 13.1. The molecule has 2 aromatic carbocycles. The highest BCUT2D eigenvalue weighted by atomic mass is 19.1. The van der Waals surface area contributed by atoms with Crippen LogP contribution in [-0.2, 0) is 10.2 Å². The van der Waals surface area contributed by atoms with Gasteiger partial charge in [0, 0.05) is 11.3 Å². The molecule has 1 fully saturated rings. The summed E-state index contributed by atoms with van der Waals surface area (Å²) in [5.74, 6) is -0.463. The van der Waals surface area contributed by atoms with Crippen LogP contribution in [0.5, 0.6) is 0 Å². The van der Waals surface area contributed by atoms with Crippen molar-refractivity contribution in [2.24, 2.45) is 0 Å². The number of carbonyl (C=O) groups is 2. The molecular formula is C19H18FNO2. The molecule has 0 aliphatic heterocycles. The number of anilines is 1. The molecule has 3 rings (SSSR count). The van der Waals surface area contributed by atoms with E-state index in [1.807, 2.05) is 0 Å². The lowest BCUT2D eigenvalue weighted by Crippen LogP contribution is -2.46. The van der Waals surface area contributed by atoms with Crippen LogP contribution in [0, 0.1) is 5.82 Å². The first-order valence-electron chi connectivity index (χ1n) is 7.70. The Morgan fingerprint density at radius 1 is 1.09 bits per heavy atom. The zero-order valence-electron chi connectivity index (χ0n) is 12.9. The van der Waals surface area contributed by atoms with Crippen molar-refractivity contribution >= 4 is 17.4 Å². The summed E-state index contributed by atoms with van der Waals surface area (Å²) in [5.41, 5.74) is 1.32. The van der Waals surface area contributed by atoms with Crippen LogP contribution in [0.4, 0.5) is 10.1 Å². The first kappa shape index (κ1) is 15.4. The Bertz CT molecular complexity index is 748. The van der Waals surface area contributed by atoms with Crippen LogP contribution in [0.1, 0.15) is 42.1 Å². The van der Waals surface area contributed by atoms with Gasteiger partial charge in [0.15, 0.2) is 5.78 Å². The third-order valence-corrected chi connectivity index (χ3v) is 4.57. The molecule has 0 heterocycles. The van der Waals surface area contributed by atoms with Crippen molar-refractivity contribution in [3.05, 3.63) is 65.5 Å². The molecule has 1 saturated carbocycles. The van der Waals surface area contributed by atoms with E-state index in [0.29, 0.717) is 24.1 Å². The van der Waals surface area contributed by atoms with Gasteiger partial charge in [-0.25, -0.2) is 4.39 Å². The van der Waals surface area contributed by atoms with Gasteiger partial charge >= 0.3 is 0 Å². The highest BCUT2D eigenvalue weighted by Crippen LogP contribution is 2.44. The number of amides is 1. The van der Waals surface area contributed by atoms with Crippen LogP contribution in [0.15, 0.2) is 48.5 Å². The molecule has 0 bridgehead atoms. The zero-order valence-corrected chi connectivity index (χ0v) is 12.9. The third-order valence-electron chi connectivity index (χ3n) is 4.57. The molecule has 0 aromatic heterocycles. The standard InChI is InChI=1S/C19H18FNO2/c1-13(22)14-6-8-17(9-7-14)21-18(23)19(10-3-11-19)15-4-2-5-16(20)12-15/h2,4-9,12H,3,10-11H2,1H3,(H,21,23). The van der Waals surface area contributed by atoms with Crippen LogP contribution < -0.4 is 5.32 Å². The second-order valence-corrected chi connectivity index (χ2v) is 6.03. The quantitative estimate of drug-likeness (QED) is 0.865. The summed E-state index contributed by atoms with van der Waals surface area (Å²) in [6.07, 6.45) is 2.38. The maximum absolute atomic E-state index is 13.5. The highest BCUT2D eigenvalue weighted by Gasteiger charge is 2.45. The maximum atomic E-state index is 13.5. The van der Waals surface area contributed by atoms with Gasteiger partial charge in [-0.1, -0.05) is 18.6 Å². The van der Waals surface area contributed by atoms with Gasteiger partial charge in [0.2, 0.25) is 5.91 Å². The van der Waals surface area contributed by atoms with Crippen molar-refractivity contribution in [1.82, 2.24) is 0 Å². The summed E-state index contributed by atoms with van der Waals surface area (Å²) in [4.78, 5) is 24.0. The molecule has 1 aliphatic rings. The summed E-state index contributed by atoms with van der Waals surface area (Å²) in [6.45, 7) is 1.50. The number of carbonyl (C=O) groups excluding carboxylic acids is 2. The lowest BCUT2D eigenvalue weighted by Gasteiger charge is -2.40. The van der Waals surface area contributed by atoms with Gasteiger partial charge in [-0.05, 0) is 61.7 Å². The van der Waals surface area contributed by atoms with E-state index in [-0.39, 0.29) is 17.5 Å². The predicted octanol–water partition coefficient (Wildman–Crippen LogP) is 4.09. The minimum atomic E-state index is -0.651. The lowest BCUT2D eigenvalue weighted by atomic mass is 9.63. The van der Waals surface area contributed by atoms with E-state index >= 15 is 0 Å². The number of benzene rings is 2. The van der Waals surface area contributed by atoms with E-state index in [9.17, 15) is 14.0 Å². The zero-order chi connectivity index (χ0) is 16.4. The van der Waals surface area contributed by atoms with Crippen LogP contribution >= 0.6 is 0 Å². The Hall–Kier alpha value is -2.49. The number of ketones is 1. The molecule has 1 aliphatic carbocycles. The first-order valence-corrected chi connectivity index (χ1v) is 7.70. The third kappa shape index (κ3) is 2.89. The summed E-state index contributed by atoms with van der Waals surface area (Å²) < 4.78 is 13.5. The van der Waals surface area contributed by atoms with E-state index in [4.69, 9.17) is 0 Å². The molecule has 0 saturated heterocycles. The topological polar surface area (TPSA) is 46.2 Å². The second-order valence-electron chi connectivity index (χ2n) is 6.03. The van der Waals surface area contributed by atoms with Crippen molar-refractivity contribution in [3.8, 4) is 0 Å². The number of rotatable bonds is 4. The van der Waals surface area contributed by atoms with Crippen molar-refractivity contribution in [1.29, 1.82) is 0 Å². The Labute approximate surface area is 134 Å². The molecule has 23 heavy (non-hydrogen) atoms. The number of halogens is 1. The van der Waals surface area contributed by atoms with Crippen molar-refractivity contribution in [3.63, 3.8) is 0 Å². The SMILES string of the molecule is CC(=O)c1ccc(NC(=O)C2(c3cccc(F)c3)CCC2)cc1. The fourth-order valence-electron chi connectivity index (χ4n) is 3.00. The van der Waals surface area contributed by atoms with Gasteiger partial charge in [0.1, 0.15) is 5.82 Å².